The Kier molecular flexibility index (Phi) is 6.70. The van der Waals surface area contributed by atoms with E-state index in [0.29, 0.717) is 18.4 Å². The number of rotatable bonds is 7. The van der Waals surface area contributed by atoms with Gasteiger partial charge in [-0.15, -0.1) is 0 Å². The van der Waals surface area contributed by atoms with Crippen molar-refractivity contribution < 1.29 is 33.0 Å². The van der Waals surface area contributed by atoms with Crippen LogP contribution in [0.5, 0.6) is 5.88 Å². The van der Waals surface area contributed by atoms with Crippen molar-refractivity contribution in [1.82, 2.24) is 19.5 Å². The maximum Gasteiger partial charge on any atom is 0.269 e. The quantitative estimate of drug-likeness (QED) is 0.287. The van der Waals surface area contributed by atoms with Crippen molar-refractivity contribution in [2.75, 3.05) is 16.8 Å². The van der Waals surface area contributed by atoms with Crippen molar-refractivity contribution in [3.05, 3.63) is 46.3 Å². The van der Waals surface area contributed by atoms with E-state index in [0.717, 1.165) is 0 Å². The third kappa shape index (κ3) is 5.07. The number of ether oxygens (including phenoxy) is 2. The molecule has 4 heterocycles. The Morgan fingerprint density at radius 3 is 2.51 bits per heavy atom. The van der Waals surface area contributed by atoms with Crippen LogP contribution in [0, 0.1) is 10.1 Å². The molecule has 0 amide bonds. The molecule has 2 aliphatic rings. The summed E-state index contributed by atoms with van der Waals surface area (Å²) in [4.78, 5) is 23.5. The first kappa shape index (κ1) is 25.3. The molecule has 0 radical (unpaired) electrons. The average Bonchev–Trinajstić information content (AvgIpc) is 3.36. The van der Waals surface area contributed by atoms with E-state index in [2.05, 4.69) is 20.3 Å². The summed E-state index contributed by atoms with van der Waals surface area (Å²) in [6.45, 7) is 1.69. The number of hydrogen-bond donors (Lipinski definition) is 3. The lowest BCUT2D eigenvalue weighted by Gasteiger charge is -2.25. The molecule has 14 nitrogen and oxygen atoms in total. The number of fused-ring (bicyclic) bond motifs is 1. The molecule has 2 aliphatic heterocycles. The Hall–Kier alpha value is -3.40. The fourth-order valence-corrected chi connectivity index (χ4v) is 5.95. The number of hydrogen-bond acceptors (Lipinski definition) is 12. The van der Waals surface area contributed by atoms with Gasteiger partial charge in [-0.2, -0.15) is 4.98 Å². The van der Waals surface area contributed by atoms with E-state index in [1.165, 1.54) is 23.0 Å². The van der Waals surface area contributed by atoms with Crippen LogP contribution >= 0.6 is 0 Å². The second-order valence-corrected chi connectivity index (χ2v) is 11.5. The molecule has 0 saturated carbocycles. The van der Waals surface area contributed by atoms with E-state index >= 15 is 0 Å². The molecule has 3 N–H and O–H groups in total. The monoisotopic (exact) mass is 534 g/mol. The van der Waals surface area contributed by atoms with E-state index in [-0.39, 0.29) is 52.8 Å². The number of benzene rings is 1. The number of nitro groups is 1. The molecule has 0 unspecified atom stereocenters. The Bertz CT molecular complexity index is 1400. The van der Waals surface area contributed by atoms with Gasteiger partial charge in [0.1, 0.15) is 35.0 Å². The van der Waals surface area contributed by atoms with Gasteiger partial charge < -0.3 is 25.0 Å². The Morgan fingerprint density at radius 1 is 1.19 bits per heavy atom. The van der Waals surface area contributed by atoms with Crippen molar-refractivity contribution in [2.45, 2.75) is 57.0 Å². The van der Waals surface area contributed by atoms with Crippen molar-refractivity contribution >= 4 is 32.6 Å². The molecular formula is C22H26N6O8S. The molecule has 0 bridgehead atoms. The van der Waals surface area contributed by atoms with Crippen LogP contribution in [0.15, 0.2) is 30.6 Å². The zero-order valence-corrected chi connectivity index (χ0v) is 20.6. The first-order chi connectivity index (χ1) is 17.6. The maximum atomic E-state index is 11.9. The highest BCUT2D eigenvalue weighted by Gasteiger charge is 2.43. The topological polar surface area (TPSA) is 192 Å². The van der Waals surface area contributed by atoms with Crippen LogP contribution in [0.1, 0.15) is 31.6 Å². The van der Waals surface area contributed by atoms with Crippen LogP contribution in [0.4, 0.5) is 11.6 Å². The average molecular weight is 535 g/mol. The molecule has 15 heteroatoms. The van der Waals surface area contributed by atoms with E-state index in [4.69, 9.17) is 9.47 Å². The highest BCUT2D eigenvalue weighted by molar-refractivity contribution is 7.91. The lowest BCUT2D eigenvalue weighted by atomic mass is 10.1. The van der Waals surface area contributed by atoms with E-state index in [1.807, 2.05) is 0 Å². The Balaban J connectivity index is 1.47. The molecule has 0 aliphatic carbocycles. The molecule has 4 atom stereocenters. The Morgan fingerprint density at radius 2 is 1.89 bits per heavy atom. The standard InChI is InChI=1S/C22H26N6O8S/c1-12-17(29)18(30)21(36-12)27-19-16(26-22(27)25-14-6-8-37(33,34)9-7-14)20(24-11-23-19)35-10-13-2-4-15(5-3-13)28(31)32/h2-5,11-12,14,17-18,21,29-30H,6-10H2,1H3,(H,25,26)/t12-,17-,18-,21-/m1/s1. The molecule has 2 aromatic heterocycles. The summed E-state index contributed by atoms with van der Waals surface area (Å²) in [5.74, 6) is 0.502. The third-order valence-corrected chi connectivity index (χ3v) is 8.30. The van der Waals surface area contributed by atoms with Gasteiger partial charge in [-0.25, -0.2) is 18.4 Å². The van der Waals surface area contributed by atoms with Crippen molar-refractivity contribution in [2.24, 2.45) is 0 Å². The largest absolute Gasteiger partial charge is 0.471 e. The van der Waals surface area contributed by atoms with Crippen LogP contribution in [-0.2, 0) is 21.2 Å². The number of aliphatic hydroxyl groups is 2. The van der Waals surface area contributed by atoms with Crippen LogP contribution in [0.25, 0.3) is 11.2 Å². The minimum absolute atomic E-state index is 0.0373. The van der Waals surface area contributed by atoms with E-state index in [9.17, 15) is 28.7 Å². The van der Waals surface area contributed by atoms with E-state index < -0.39 is 39.3 Å². The zero-order valence-electron chi connectivity index (χ0n) is 19.8. The van der Waals surface area contributed by atoms with Gasteiger partial charge in [0.2, 0.25) is 11.8 Å². The zero-order chi connectivity index (χ0) is 26.3. The summed E-state index contributed by atoms with van der Waals surface area (Å²) in [5.41, 5.74) is 1.18. The number of aliphatic hydroxyl groups excluding tert-OH is 2. The third-order valence-electron chi connectivity index (χ3n) is 6.59. The highest BCUT2D eigenvalue weighted by Crippen LogP contribution is 2.36. The molecule has 37 heavy (non-hydrogen) atoms. The second-order valence-electron chi connectivity index (χ2n) is 9.15. The minimum Gasteiger partial charge on any atom is -0.471 e. The first-order valence-electron chi connectivity index (χ1n) is 11.7. The van der Waals surface area contributed by atoms with Gasteiger partial charge in [0.15, 0.2) is 17.4 Å². The normalized spacial score (nSPS) is 25.8. The van der Waals surface area contributed by atoms with Crippen molar-refractivity contribution in [3.63, 3.8) is 0 Å². The number of aromatic nitrogens is 4. The number of nitrogens with zero attached hydrogens (tertiary/aromatic N) is 5. The highest BCUT2D eigenvalue weighted by atomic mass is 32.2. The predicted molar refractivity (Wildman–Crippen MR) is 130 cm³/mol. The molecular weight excluding hydrogens is 508 g/mol. The van der Waals surface area contributed by atoms with Crippen LogP contribution in [0.3, 0.4) is 0 Å². The van der Waals surface area contributed by atoms with Gasteiger partial charge in [-0.1, -0.05) is 0 Å². The number of sulfone groups is 1. The van der Waals surface area contributed by atoms with Crippen LogP contribution in [0.2, 0.25) is 0 Å². The smallest absolute Gasteiger partial charge is 0.269 e. The fourth-order valence-electron chi connectivity index (χ4n) is 4.46. The number of non-ortho nitro benzene ring substituents is 1. The van der Waals surface area contributed by atoms with Gasteiger partial charge in [0, 0.05) is 18.2 Å². The molecule has 1 aromatic carbocycles. The van der Waals surface area contributed by atoms with Crippen LogP contribution < -0.4 is 10.1 Å². The molecule has 2 saturated heterocycles. The van der Waals surface area contributed by atoms with Crippen LogP contribution in [-0.4, -0.2) is 78.9 Å². The molecule has 2 fully saturated rings. The van der Waals surface area contributed by atoms with Gasteiger partial charge in [0.25, 0.3) is 5.69 Å². The number of nitrogens with one attached hydrogen (secondary N) is 1. The number of anilines is 1. The van der Waals surface area contributed by atoms with Gasteiger partial charge >= 0.3 is 0 Å². The molecule has 5 rings (SSSR count). The molecule has 3 aromatic rings. The van der Waals surface area contributed by atoms with Gasteiger partial charge in [0.05, 0.1) is 22.5 Å². The van der Waals surface area contributed by atoms with Gasteiger partial charge in [-0.3, -0.25) is 14.7 Å². The fraction of sp³-hybridized carbons (Fsp3) is 0.500. The summed E-state index contributed by atoms with van der Waals surface area (Å²) in [7, 11) is -3.07. The summed E-state index contributed by atoms with van der Waals surface area (Å²) in [5, 5.41) is 35.1. The van der Waals surface area contributed by atoms with Gasteiger partial charge in [-0.05, 0) is 37.5 Å². The number of nitro benzene ring substituents is 1. The number of imidazole rings is 1. The summed E-state index contributed by atoms with van der Waals surface area (Å²) < 4.78 is 37.0. The summed E-state index contributed by atoms with van der Waals surface area (Å²) in [6.07, 6.45) is -2.02. The molecule has 198 valence electrons. The summed E-state index contributed by atoms with van der Waals surface area (Å²) in [6, 6.07) is 5.70. The van der Waals surface area contributed by atoms with E-state index in [1.54, 1.807) is 19.1 Å². The SMILES string of the molecule is C[C@H]1O[C@@H](n2c(NC3CCS(=O)(=O)CC3)nc3c(OCc4ccc([N+](=O)[O-])cc4)ncnc32)[C@H](O)[C@@H]1O. The molecule has 0 spiro atoms. The first-order valence-corrected chi connectivity index (χ1v) is 13.5. The Labute approximate surface area is 211 Å². The summed E-state index contributed by atoms with van der Waals surface area (Å²) >= 11 is 0. The predicted octanol–water partition coefficient (Wildman–Crippen LogP) is 0.942. The lowest BCUT2D eigenvalue weighted by Crippen LogP contribution is -2.34. The maximum absolute atomic E-state index is 11.9. The minimum atomic E-state index is -3.07. The van der Waals surface area contributed by atoms with Crippen molar-refractivity contribution in [3.8, 4) is 5.88 Å². The second kappa shape index (κ2) is 9.81. The van der Waals surface area contributed by atoms with Crippen molar-refractivity contribution in [1.29, 1.82) is 0 Å². The lowest BCUT2D eigenvalue weighted by molar-refractivity contribution is -0.384.